The minimum absolute atomic E-state index is 0.0426. The Bertz CT molecular complexity index is 1230. The summed E-state index contributed by atoms with van der Waals surface area (Å²) in [6.45, 7) is 1.07. The van der Waals surface area contributed by atoms with Gasteiger partial charge in [-0.15, -0.1) is 0 Å². The maximum absolute atomic E-state index is 12.7. The zero-order valence-corrected chi connectivity index (χ0v) is 19.7. The molecule has 0 radical (unpaired) electrons. The van der Waals surface area contributed by atoms with Gasteiger partial charge in [-0.2, -0.15) is 0 Å². The average molecular weight is 534 g/mol. The third-order valence-electron chi connectivity index (χ3n) is 4.60. The molecule has 1 N–H and O–H groups in total. The molecule has 1 aliphatic heterocycles. The molecule has 0 atom stereocenters. The summed E-state index contributed by atoms with van der Waals surface area (Å²) in [5.41, 5.74) is 0.598. The van der Waals surface area contributed by atoms with Gasteiger partial charge in [0.05, 0.1) is 10.5 Å². The van der Waals surface area contributed by atoms with Gasteiger partial charge in [0.2, 0.25) is 0 Å². The van der Waals surface area contributed by atoms with E-state index in [1.165, 1.54) is 36.4 Å². The van der Waals surface area contributed by atoms with E-state index in [4.69, 9.17) is 18.9 Å². The lowest BCUT2D eigenvalue weighted by Crippen LogP contribution is -2.17. The molecule has 33 heavy (non-hydrogen) atoms. The fraction of sp³-hybridized carbons (Fsp3) is 0.174. The van der Waals surface area contributed by atoms with Crippen LogP contribution in [-0.4, -0.2) is 40.8 Å². The highest BCUT2D eigenvalue weighted by molar-refractivity contribution is 9.10. The van der Waals surface area contributed by atoms with Crippen molar-refractivity contribution >= 4 is 37.6 Å². The molecule has 1 heterocycles. The molecule has 8 nitrogen and oxygen atoms in total. The number of anilines is 1. The molecule has 0 aliphatic carbocycles. The topological polar surface area (TPSA) is 100 Å². The fourth-order valence-corrected chi connectivity index (χ4v) is 4.33. The van der Waals surface area contributed by atoms with Gasteiger partial charge in [0.25, 0.3) is 10.0 Å². The monoisotopic (exact) mass is 533 g/mol. The van der Waals surface area contributed by atoms with Crippen molar-refractivity contribution in [3.63, 3.8) is 0 Å². The third-order valence-corrected chi connectivity index (χ3v) is 6.50. The zero-order valence-electron chi connectivity index (χ0n) is 17.3. The first kappa shape index (κ1) is 22.9. The molecule has 0 unspecified atom stereocenters. The number of carbonyl (C=O) groups excluding carboxylic acids is 1. The van der Waals surface area contributed by atoms with Crippen LogP contribution in [0.5, 0.6) is 17.2 Å². The van der Waals surface area contributed by atoms with Gasteiger partial charge in [0, 0.05) is 16.2 Å². The molecule has 10 heteroatoms. The smallest absolute Gasteiger partial charge is 0.338 e. The molecule has 0 bridgehead atoms. The van der Waals surface area contributed by atoms with Crippen LogP contribution in [0.4, 0.5) is 5.69 Å². The first-order valence-electron chi connectivity index (χ1n) is 9.99. The van der Waals surface area contributed by atoms with E-state index >= 15 is 0 Å². The summed E-state index contributed by atoms with van der Waals surface area (Å²) in [4.78, 5) is 12.2. The van der Waals surface area contributed by atoms with Crippen molar-refractivity contribution in [1.29, 1.82) is 0 Å². The molecule has 4 rings (SSSR count). The van der Waals surface area contributed by atoms with Crippen LogP contribution in [0.3, 0.4) is 0 Å². The summed E-state index contributed by atoms with van der Waals surface area (Å²) in [6, 6.07) is 17.7. The molecule has 3 aromatic rings. The standard InChI is InChI=1S/C23H20BrNO7S/c24-17-3-7-19(8-4-17)29-11-14-32-23(26)16-1-5-18(6-2-16)25-33(27,28)20-9-10-21-22(15-20)31-13-12-30-21/h1-10,15,25H,11-14H2. The van der Waals surface area contributed by atoms with Crippen molar-refractivity contribution in [3.05, 3.63) is 76.8 Å². The van der Waals surface area contributed by atoms with E-state index in [9.17, 15) is 13.2 Å². The van der Waals surface area contributed by atoms with Crippen LogP contribution >= 0.6 is 15.9 Å². The summed E-state index contributed by atoms with van der Waals surface area (Å²) < 4.78 is 50.4. The Hall–Kier alpha value is -3.24. The second-order valence-corrected chi connectivity index (χ2v) is 9.52. The Balaban J connectivity index is 1.31. The van der Waals surface area contributed by atoms with Crippen LogP contribution in [-0.2, 0) is 14.8 Å². The van der Waals surface area contributed by atoms with Crippen LogP contribution in [0, 0.1) is 0 Å². The number of sulfonamides is 1. The van der Waals surface area contributed by atoms with Crippen molar-refractivity contribution < 1.29 is 32.2 Å². The van der Waals surface area contributed by atoms with E-state index in [1.807, 2.05) is 12.1 Å². The molecular weight excluding hydrogens is 514 g/mol. The van der Waals surface area contributed by atoms with Gasteiger partial charge in [-0.3, -0.25) is 4.72 Å². The Kier molecular flexibility index (Phi) is 7.05. The Morgan fingerprint density at radius 1 is 0.909 bits per heavy atom. The number of fused-ring (bicyclic) bond motifs is 1. The van der Waals surface area contributed by atoms with E-state index in [1.54, 1.807) is 18.2 Å². The average Bonchev–Trinajstić information content (AvgIpc) is 2.83. The molecular formula is C23H20BrNO7S. The fourth-order valence-electron chi connectivity index (χ4n) is 2.99. The van der Waals surface area contributed by atoms with Gasteiger partial charge < -0.3 is 18.9 Å². The minimum Gasteiger partial charge on any atom is -0.490 e. The highest BCUT2D eigenvalue weighted by Crippen LogP contribution is 2.32. The number of nitrogens with one attached hydrogen (secondary N) is 1. The van der Waals surface area contributed by atoms with E-state index < -0.39 is 16.0 Å². The highest BCUT2D eigenvalue weighted by atomic mass is 79.9. The largest absolute Gasteiger partial charge is 0.490 e. The lowest BCUT2D eigenvalue weighted by atomic mass is 10.2. The molecule has 0 saturated heterocycles. The summed E-state index contributed by atoms with van der Waals surface area (Å²) in [5.74, 6) is 1.02. The number of hydrogen-bond acceptors (Lipinski definition) is 7. The third kappa shape index (κ3) is 5.96. The van der Waals surface area contributed by atoms with Gasteiger partial charge in [0.15, 0.2) is 11.5 Å². The molecule has 172 valence electrons. The number of halogens is 1. The molecule has 1 aliphatic rings. The van der Waals surface area contributed by atoms with E-state index in [0.717, 1.165) is 4.47 Å². The Morgan fingerprint density at radius 2 is 1.61 bits per heavy atom. The minimum atomic E-state index is -3.85. The van der Waals surface area contributed by atoms with Crippen LogP contribution in [0.1, 0.15) is 10.4 Å². The second kappa shape index (κ2) is 10.1. The maximum Gasteiger partial charge on any atom is 0.338 e. The number of hydrogen-bond donors (Lipinski definition) is 1. The lowest BCUT2D eigenvalue weighted by Gasteiger charge is -2.19. The predicted octanol–water partition coefficient (Wildman–Crippen LogP) is 4.26. The molecule has 0 aromatic heterocycles. The summed E-state index contributed by atoms with van der Waals surface area (Å²) in [5, 5.41) is 0. The van der Waals surface area contributed by atoms with Crippen LogP contribution in [0.15, 0.2) is 76.1 Å². The van der Waals surface area contributed by atoms with Gasteiger partial charge >= 0.3 is 5.97 Å². The van der Waals surface area contributed by atoms with Crippen LogP contribution < -0.4 is 18.9 Å². The number of rotatable bonds is 8. The second-order valence-electron chi connectivity index (χ2n) is 6.93. The molecule has 3 aromatic carbocycles. The van der Waals surface area contributed by atoms with Gasteiger partial charge in [-0.1, -0.05) is 15.9 Å². The van der Waals surface area contributed by atoms with Crippen molar-refractivity contribution in [2.75, 3.05) is 31.1 Å². The predicted molar refractivity (Wildman–Crippen MR) is 125 cm³/mol. The van der Waals surface area contributed by atoms with Gasteiger partial charge in [-0.25, -0.2) is 13.2 Å². The van der Waals surface area contributed by atoms with E-state index in [0.29, 0.717) is 41.7 Å². The van der Waals surface area contributed by atoms with Crippen molar-refractivity contribution in [3.8, 4) is 17.2 Å². The molecule has 0 saturated carbocycles. The molecule has 0 amide bonds. The molecule has 0 spiro atoms. The first-order valence-corrected chi connectivity index (χ1v) is 12.3. The summed E-state index contributed by atoms with van der Waals surface area (Å²) in [7, 11) is -3.85. The van der Waals surface area contributed by atoms with Crippen LogP contribution in [0.25, 0.3) is 0 Å². The Morgan fingerprint density at radius 3 is 2.33 bits per heavy atom. The van der Waals surface area contributed by atoms with Crippen molar-refractivity contribution in [2.45, 2.75) is 4.90 Å². The van der Waals surface area contributed by atoms with Crippen molar-refractivity contribution in [1.82, 2.24) is 0 Å². The number of ether oxygens (including phenoxy) is 4. The number of carbonyl (C=O) groups is 1. The quantitative estimate of drug-likeness (QED) is 0.341. The SMILES string of the molecule is O=C(OCCOc1ccc(Br)cc1)c1ccc(NS(=O)(=O)c2ccc3c(c2)OCCO3)cc1. The van der Waals surface area contributed by atoms with Gasteiger partial charge in [-0.05, 0) is 60.7 Å². The van der Waals surface area contributed by atoms with Gasteiger partial charge in [0.1, 0.15) is 32.2 Å². The van der Waals surface area contributed by atoms with E-state index in [2.05, 4.69) is 20.7 Å². The zero-order chi connectivity index (χ0) is 23.3. The lowest BCUT2D eigenvalue weighted by molar-refractivity contribution is 0.0450. The summed E-state index contributed by atoms with van der Waals surface area (Å²) in [6.07, 6.45) is 0. The number of benzene rings is 3. The maximum atomic E-state index is 12.7. The highest BCUT2D eigenvalue weighted by Gasteiger charge is 2.19. The number of esters is 1. The normalized spacial score (nSPS) is 12.6. The van der Waals surface area contributed by atoms with E-state index in [-0.39, 0.29) is 18.1 Å². The molecule has 0 fully saturated rings. The van der Waals surface area contributed by atoms with Crippen LogP contribution in [0.2, 0.25) is 0 Å². The first-order chi connectivity index (χ1) is 15.9. The summed E-state index contributed by atoms with van der Waals surface area (Å²) >= 11 is 3.35. The van der Waals surface area contributed by atoms with Crippen molar-refractivity contribution in [2.24, 2.45) is 0 Å². The Labute approximate surface area is 199 Å².